The van der Waals surface area contributed by atoms with Crippen LogP contribution >= 0.6 is 23.2 Å². The van der Waals surface area contributed by atoms with Gasteiger partial charge in [-0.2, -0.15) is 5.10 Å². The highest BCUT2D eigenvalue weighted by Crippen LogP contribution is 2.42. The molecule has 2 heterocycles. The number of hydrogen-bond acceptors (Lipinski definition) is 3. The van der Waals surface area contributed by atoms with Crippen LogP contribution in [-0.4, -0.2) is 15.2 Å². The second kappa shape index (κ2) is 7.21. The van der Waals surface area contributed by atoms with Crippen molar-refractivity contribution in [2.45, 2.75) is 19.8 Å². The minimum absolute atomic E-state index is 0.00973. The molecule has 0 amide bonds. The zero-order chi connectivity index (χ0) is 19.0. The standard InChI is InChI=1S/C18H12Cl2F3N3/c1-8(2)17-14(9-3-4-13(19)24-7-9)16(18(20)26-25-17)15-11(22)5-10(21)6-12(15)23/h3-8H,1-2H3. The van der Waals surface area contributed by atoms with Crippen LogP contribution in [0.5, 0.6) is 0 Å². The lowest BCUT2D eigenvalue weighted by molar-refractivity contribution is 0.548. The molecule has 26 heavy (non-hydrogen) atoms. The van der Waals surface area contributed by atoms with E-state index in [2.05, 4.69) is 15.2 Å². The van der Waals surface area contributed by atoms with E-state index in [9.17, 15) is 13.2 Å². The summed E-state index contributed by atoms with van der Waals surface area (Å²) in [6.45, 7) is 3.71. The van der Waals surface area contributed by atoms with Crippen molar-refractivity contribution in [1.29, 1.82) is 0 Å². The van der Waals surface area contributed by atoms with Gasteiger partial charge in [0.2, 0.25) is 0 Å². The Morgan fingerprint density at radius 3 is 2.08 bits per heavy atom. The molecule has 0 N–H and O–H groups in total. The van der Waals surface area contributed by atoms with Gasteiger partial charge in [-0.05, 0) is 18.1 Å². The number of pyridine rings is 1. The first-order valence-corrected chi connectivity index (χ1v) is 8.38. The van der Waals surface area contributed by atoms with E-state index in [-0.39, 0.29) is 21.8 Å². The molecule has 1 aromatic carbocycles. The molecule has 0 aliphatic carbocycles. The minimum Gasteiger partial charge on any atom is -0.244 e. The van der Waals surface area contributed by atoms with Crippen molar-refractivity contribution in [2.75, 3.05) is 0 Å². The minimum atomic E-state index is -1.09. The van der Waals surface area contributed by atoms with Crippen LogP contribution < -0.4 is 0 Å². The predicted octanol–water partition coefficient (Wildman–Crippen LogP) is 6.05. The summed E-state index contributed by atoms with van der Waals surface area (Å²) in [5, 5.41) is 7.96. The van der Waals surface area contributed by atoms with Gasteiger partial charge in [0.05, 0.1) is 11.3 Å². The van der Waals surface area contributed by atoms with Crippen molar-refractivity contribution in [1.82, 2.24) is 15.2 Å². The maximum atomic E-state index is 14.4. The molecular weight excluding hydrogens is 386 g/mol. The lowest BCUT2D eigenvalue weighted by Crippen LogP contribution is -2.05. The number of rotatable bonds is 3. The van der Waals surface area contributed by atoms with Crippen molar-refractivity contribution in [3.63, 3.8) is 0 Å². The van der Waals surface area contributed by atoms with Gasteiger partial charge in [0.25, 0.3) is 0 Å². The van der Waals surface area contributed by atoms with E-state index >= 15 is 0 Å². The summed E-state index contributed by atoms with van der Waals surface area (Å²) in [5.41, 5.74) is 0.862. The third kappa shape index (κ3) is 3.39. The molecule has 0 saturated carbocycles. The van der Waals surface area contributed by atoms with Crippen molar-refractivity contribution in [3.05, 3.63) is 63.9 Å². The molecule has 3 nitrogen and oxygen atoms in total. The predicted molar refractivity (Wildman–Crippen MR) is 94.7 cm³/mol. The van der Waals surface area contributed by atoms with Crippen LogP contribution in [0.1, 0.15) is 25.5 Å². The van der Waals surface area contributed by atoms with Gasteiger partial charge in [0.15, 0.2) is 5.15 Å². The van der Waals surface area contributed by atoms with Crippen LogP contribution in [0.3, 0.4) is 0 Å². The summed E-state index contributed by atoms with van der Waals surface area (Å²) in [5.74, 6) is -3.33. The summed E-state index contributed by atoms with van der Waals surface area (Å²) in [6.07, 6.45) is 1.45. The Morgan fingerprint density at radius 2 is 1.54 bits per heavy atom. The molecule has 2 aromatic heterocycles. The van der Waals surface area contributed by atoms with Crippen LogP contribution in [0.4, 0.5) is 13.2 Å². The number of nitrogens with zero attached hydrogens (tertiary/aromatic N) is 3. The molecule has 3 aromatic rings. The molecule has 0 bridgehead atoms. The van der Waals surface area contributed by atoms with Gasteiger partial charge in [0, 0.05) is 35.0 Å². The van der Waals surface area contributed by atoms with Gasteiger partial charge in [0.1, 0.15) is 22.6 Å². The third-order valence-corrected chi connectivity index (χ3v) is 4.27. The molecule has 0 atom stereocenters. The Hall–Kier alpha value is -2.18. The molecule has 0 saturated heterocycles. The third-order valence-electron chi connectivity index (χ3n) is 3.78. The molecule has 0 aliphatic heterocycles. The van der Waals surface area contributed by atoms with Crippen molar-refractivity contribution in [2.24, 2.45) is 0 Å². The van der Waals surface area contributed by atoms with Gasteiger partial charge in [-0.15, -0.1) is 5.10 Å². The van der Waals surface area contributed by atoms with Crippen molar-refractivity contribution < 1.29 is 13.2 Å². The van der Waals surface area contributed by atoms with E-state index in [1.54, 1.807) is 6.07 Å². The Bertz CT molecular complexity index is 953. The molecule has 0 aliphatic rings. The molecule has 8 heteroatoms. The largest absolute Gasteiger partial charge is 0.244 e. The van der Waals surface area contributed by atoms with Gasteiger partial charge >= 0.3 is 0 Å². The molecule has 3 rings (SSSR count). The number of halogens is 5. The normalized spacial score (nSPS) is 11.2. The molecule has 0 fully saturated rings. The first-order chi connectivity index (χ1) is 12.3. The highest BCUT2D eigenvalue weighted by Gasteiger charge is 2.25. The van der Waals surface area contributed by atoms with Crippen LogP contribution in [-0.2, 0) is 0 Å². The lowest BCUT2D eigenvalue weighted by Gasteiger charge is -2.18. The van der Waals surface area contributed by atoms with E-state index in [0.717, 1.165) is 0 Å². The Morgan fingerprint density at radius 1 is 0.885 bits per heavy atom. The second-order valence-electron chi connectivity index (χ2n) is 5.89. The topological polar surface area (TPSA) is 38.7 Å². The fraction of sp³-hybridized carbons (Fsp3) is 0.167. The first-order valence-electron chi connectivity index (χ1n) is 7.62. The Balaban J connectivity index is 2.42. The molecule has 0 spiro atoms. The zero-order valence-electron chi connectivity index (χ0n) is 13.7. The van der Waals surface area contributed by atoms with Gasteiger partial charge in [-0.25, -0.2) is 18.2 Å². The summed E-state index contributed by atoms with van der Waals surface area (Å²) in [6, 6.07) is 4.36. The van der Waals surface area contributed by atoms with E-state index in [0.29, 0.717) is 29.0 Å². The second-order valence-corrected chi connectivity index (χ2v) is 6.64. The summed E-state index contributed by atoms with van der Waals surface area (Å²) < 4.78 is 42.2. The van der Waals surface area contributed by atoms with Gasteiger partial charge < -0.3 is 0 Å². The molecule has 134 valence electrons. The maximum absolute atomic E-state index is 14.4. The summed E-state index contributed by atoms with van der Waals surface area (Å²) in [7, 11) is 0. The van der Waals surface area contributed by atoms with Gasteiger partial charge in [-0.3, -0.25) is 0 Å². The van der Waals surface area contributed by atoms with Crippen LogP contribution in [0.15, 0.2) is 30.5 Å². The monoisotopic (exact) mass is 397 g/mol. The smallest absolute Gasteiger partial charge is 0.160 e. The van der Waals surface area contributed by atoms with E-state index in [1.165, 1.54) is 12.3 Å². The average molecular weight is 398 g/mol. The SMILES string of the molecule is CC(C)c1nnc(Cl)c(-c2c(F)cc(F)cc2F)c1-c1ccc(Cl)nc1. The first kappa shape index (κ1) is 18.6. The van der Waals surface area contributed by atoms with Crippen LogP contribution in [0.25, 0.3) is 22.3 Å². The van der Waals surface area contributed by atoms with Crippen molar-refractivity contribution >= 4 is 23.2 Å². The average Bonchev–Trinajstić information content (AvgIpc) is 2.55. The maximum Gasteiger partial charge on any atom is 0.160 e. The summed E-state index contributed by atoms with van der Waals surface area (Å²) >= 11 is 12.0. The summed E-state index contributed by atoms with van der Waals surface area (Å²) in [4.78, 5) is 4.01. The number of benzene rings is 1. The fourth-order valence-electron chi connectivity index (χ4n) is 2.66. The van der Waals surface area contributed by atoms with Gasteiger partial charge in [-0.1, -0.05) is 37.0 Å². The molecule has 0 unspecified atom stereocenters. The highest BCUT2D eigenvalue weighted by atomic mass is 35.5. The molecule has 0 radical (unpaired) electrons. The Labute approximate surface area is 157 Å². The van der Waals surface area contributed by atoms with E-state index in [1.807, 2.05) is 13.8 Å². The van der Waals surface area contributed by atoms with E-state index in [4.69, 9.17) is 23.2 Å². The number of hydrogen-bond donors (Lipinski definition) is 0. The zero-order valence-corrected chi connectivity index (χ0v) is 15.2. The van der Waals surface area contributed by atoms with Crippen LogP contribution in [0.2, 0.25) is 10.3 Å². The van der Waals surface area contributed by atoms with Crippen LogP contribution in [0, 0.1) is 17.5 Å². The lowest BCUT2D eigenvalue weighted by atomic mass is 9.91. The highest BCUT2D eigenvalue weighted by molar-refractivity contribution is 6.33. The van der Waals surface area contributed by atoms with Crippen molar-refractivity contribution in [3.8, 4) is 22.3 Å². The number of aromatic nitrogens is 3. The quantitative estimate of drug-likeness (QED) is 0.504. The van der Waals surface area contributed by atoms with E-state index < -0.39 is 23.0 Å². The fourth-order valence-corrected chi connectivity index (χ4v) is 3.00. The molecular formula is C18H12Cl2F3N3. The Kier molecular flexibility index (Phi) is 5.16.